The summed E-state index contributed by atoms with van der Waals surface area (Å²) in [5.74, 6) is 0.0340. The largest absolute Gasteiger partial charge is 0.355 e. The Bertz CT molecular complexity index is 299. The number of carbonyl (C=O) groups excluding carboxylic acids is 1. The SMILES string of the molecule is O=C(Cc1ccc(Cl)cc1)NCCBr. The van der Waals surface area contributed by atoms with Crippen LogP contribution in [0.3, 0.4) is 0 Å². The van der Waals surface area contributed by atoms with E-state index in [4.69, 9.17) is 11.6 Å². The van der Waals surface area contributed by atoms with Crippen LogP contribution in [-0.2, 0) is 11.2 Å². The van der Waals surface area contributed by atoms with Crippen molar-refractivity contribution in [2.75, 3.05) is 11.9 Å². The quantitative estimate of drug-likeness (QED) is 0.841. The van der Waals surface area contributed by atoms with E-state index in [1.165, 1.54) is 0 Å². The van der Waals surface area contributed by atoms with Gasteiger partial charge in [0, 0.05) is 16.9 Å². The Labute approximate surface area is 96.8 Å². The fourth-order valence-electron chi connectivity index (χ4n) is 1.04. The van der Waals surface area contributed by atoms with Crippen LogP contribution in [-0.4, -0.2) is 17.8 Å². The van der Waals surface area contributed by atoms with Gasteiger partial charge in [-0.1, -0.05) is 39.7 Å². The van der Waals surface area contributed by atoms with Gasteiger partial charge < -0.3 is 5.32 Å². The van der Waals surface area contributed by atoms with Crippen molar-refractivity contribution in [3.05, 3.63) is 34.9 Å². The van der Waals surface area contributed by atoms with Crippen molar-refractivity contribution in [1.29, 1.82) is 0 Å². The number of hydrogen-bond acceptors (Lipinski definition) is 1. The Morgan fingerprint density at radius 1 is 1.36 bits per heavy atom. The maximum atomic E-state index is 11.3. The van der Waals surface area contributed by atoms with E-state index in [0.717, 1.165) is 10.9 Å². The molecule has 1 N–H and O–H groups in total. The molecule has 0 fully saturated rings. The third-order valence-electron chi connectivity index (χ3n) is 1.69. The molecule has 14 heavy (non-hydrogen) atoms. The Morgan fingerprint density at radius 2 is 2.00 bits per heavy atom. The molecule has 0 heterocycles. The number of hydrogen-bond donors (Lipinski definition) is 1. The molecule has 0 aliphatic heterocycles. The van der Waals surface area contributed by atoms with Gasteiger partial charge in [0.25, 0.3) is 0 Å². The van der Waals surface area contributed by atoms with Crippen molar-refractivity contribution < 1.29 is 4.79 Å². The van der Waals surface area contributed by atoms with Crippen LogP contribution >= 0.6 is 27.5 Å². The number of alkyl halides is 1. The number of nitrogens with one attached hydrogen (secondary N) is 1. The summed E-state index contributed by atoms with van der Waals surface area (Å²) in [5, 5.41) is 4.24. The Morgan fingerprint density at radius 3 is 2.57 bits per heavy atom. The van der Waals surface area contributed by atoms with Crippen LogP contribution in [0.2, 0.25) is 5.02 Å². The van der Waals surface area contributed by atoms with Gasteiger partial charge in [-0.05, 0) is 17.7 Å². The van der Waals surface area contributed by atoms with Crippen LogP contribution in [0.15, 0.2) is 24.3 Å². The number of halogens is 2. The van der Waals surface area contributed by atoms with Gasteiger partial charge in [0.15, 0.2) is 0 Å². The molecule has 0 saturated carbocycles. The van der Waals surface area contributed by atoms with Crippen molar-refractivity contribution in [2.24, 2.45) is 0 Å². The number of rotatable bonds is 4. The second-order valence-corrected chi connectivity index (χ2v) is 4.07. The standard InChI is InChI=1S/C10H11BrClNO/c11-5-6-13-10(14)7-8-1-3-9(12)4-2-8/h1-4H,5-7H2,(H,13,14). The molecule has 0 radical (unpaired) electrons. The summed E-state index contributed by atoms with van der Waals surface area (Å²) < 4.78 is 0. The predicted octanol–water partition coefficient (Wildman–Crippen LogP) is 2.39. The van der Waals surface area contributed by atoms with Crippen LogP contribution in [0.4, 0.5) is 0 Å². The van der Waals surface area contributed by atoms with E-state index in [0.29, 0.717) is 18.0 Å². The molecule has 4 heteroatoms. The lowest BCUT2D eigenvalue weighted by atomic mass is 10.1. The molecule has 1 aromatic carbocycles. The molecule has 0 bridgehead atoms. The van der Waals surface area contributed by atoms with E-state index in [1.807, 2.05) is 12.1 Å². The number of benzene rings is 1. The third-order valence-corrected chi connectivity index (χ3v) is 2.34. The fraction of sp³-hybridized carbons (Fsp3) is 0.300. The van der Waals surface area contributed by atoms with Gasteiger partial charge in [-0.25, -0.2) is 0 Å². The molecule has 0 unspecified atom stereocenters. The maximum Gasteiger partial charge on any atom is 0.224 e. The van der Waals surface area contributed by atoms with Gasteiger partial charge in [-0.3, -0.25) is 4.79 Å². The van der Waals surface area contributed by atoms with Gasteiger partial charge >= 0.3 is 0 Å². The summed E-state index contributed by atoms with van der Waals surface area (Å²) >= 11 is 8.97. The molecule has 0 aromatic heterocycles. The van der Waals surface area contributed by atoms with Crippen LogP contribution in [0.1, 0.15) is 5.56 Å². The summed E-state index contributed by atoms with van der Waals surface area (Å²) in [7, 11) is 0. The first-order valence-electron chi connectivity index (χ1n) is 4.29. The van der Waals surface area contributed by atoms with Gasteiger partial charge in [0.05, 0.1) is 6.42 Å². The third kappa shape index (κ3) is 4.11. The van der Waals surface area contributed by atoms with Crippen molar-refractivity contribution in [3.63, 3.8) is 0 Å². The van der Waals surface area contributed by atoms with Gasteiger partial charge in [-0.15, -0.1) is 0 Å². The molecule has 0 spiro atoms. The summed E-state index contributed by atoms with van der Waals surface area (Å²) in [4.78, 5) is 11.3. The molecule has 76 valence electrons. The van der Waals surface area contributed by atoms with E-state index >= 15 is 0 Å². The second kappa shape index (κ2) is 6.04. The highest BCUT2D eigenvalue weighted by atomic mass is 79.9. The molecule has 0 atom stereocenters. The highest BCUT2D eigenvalue weighted by Gasteiger charge is 2.01. The zero-order valence-electron chi connectivity index (χ0n) is 7.59. The van der Waals surface area contributed by atoms with E-state index < -0.39 is 0 Å². The van der Waals surface area contributed by atoms with Crippen molar-refractivity contribution in [2.45, 2.75) is 6.42 Å². The lowest BCUT2D eigenvalue weighted by Crippen LogP contribution is -2.26. The van der Waals surface area contributed by atoms with Crippen molar-refractivity contribution in [1.82, 2.24) is 5.32 Å². The predicted molar refractivity (Wildman–Crippen MR) is 62.0 cm³/mol. The van der Waals surface area contributed by atoms with E-state index in [9.17, 15) is 4.79 Å². The normalized spacial score (nSPS) is 9.86. The van der Waals surface area contributed by atoms with Crippen LogP contribution < -0.4 is 5.32 Å². The minimum Gasteiger partial charge on any atom is -0.355 e. The topological polar surface area (TPSA) is 29.1 Å². The number of carbonyl (C=O) groups is 1. The zero-order chi connectivity index (χ0) is 10.4. The Kier molecular flexibility index (Phi) is 4.98. The molecule has 1 aromatic rings. The van der Waals surface area contributed by atoms with Crippen LogP contribution in [0, 0.1) is 0 Å². The Balaban J connectivity index is 2.44. The molecular formula is C10H11BrClNO. The van der Waals surface area contributed by atoms with Crippen molar-refractivity contribution >= 4 is 33.4 Å². The molecule has 0 aliphatic carbocycles. The monoisotopic (exact) mass is 275 g/mol. The first-order chi connectivity index (χ1) is 6.72. The van der Waals surface area contributed by atoms with E-state index in [2.05, 4.69) is 21.2 Å². The van der Waals surface area contributed by atoms with Gasteiger partial charge in [0.2, 0.25) is 5.91 Å². The average Bonchev–Trinajstić information content (AvgIpc) is 2.18. The lowest BCUT2D eigenvalue weighted by molar-refractivity contribution is -0.120. The summed E-state index contributed by atoms with van der Waals surface area (Å²) in [6, 6.07) is 7.29. The van der Waals surface area contributed by atoms with E-state index in [-0.39, 0.29) is 5.91 Å². The van der Waals surface area contributed by atoms with E-state index in [1.54, 1.807) is 12.1 Å². The summed E-state index contributed by atoms with van der Waals surface area (Å²) in [5.41, 5.74) is 0.974. The van der Waals surface area contributed by atoms with Crippen molar-refractivity contribution in [3.8, 4) is 0 Å². The number of amides is 1. The highest BCUT2D eigenvalue weighted by Crippen LogP contribution is 2.09. The zero-order valence-corrected chi connectivity index (χ0v) is 9.94. The molecule has 0 aliphatic rings. The summed E-state index contributed by atoms with van der Waals surface area (Å²) in [6.45, 7) is 0.659. The Hall–Kier alpha value is -0.540. The fourth-order valence-corrected chi connectivity index (χ4v) is 1.36. The van der Waals surface area contributed by atoms with Crippen LogP contribution in [0.25, 0.3) is 0 Å². The summed E-state index contributed by atoms with van der Waals surface area (Å²) in [6.07, 6.45) is 0.407. The van der Waals surface area contributed by atoms with Crippen LogP contribution in [0.5, 0.6) is 0 Å². The molecule has 0 saturated heterocycles. The molecule has 1 amide bonds. The highest BCUT2D eigenvalue weighted by molar-refractivity contribution is 9.09. The first-order valence-corrected chi connectivity index (χ1v) is 5.79. The molecular weight excluding hydrogens is 265 g/mol. The maximum absolute atomic E-state index is 11.3. The molecule has 1 rings (SSSR count). The average molecular weight is 277 g/mol. The first kappa shape index (κ1) is 11.5. The lowest BCUT2D eigenvalue weighted by Gasteiger charge is -2.02. The van der Waals surface area contributed by atoms with Gasteiger partial charge in [-0.2, -0.15) is 0 Å². The second-order valence-electron chi connectivity index (χ2n) is 2.84. The minimum absolute atomic E-state index is 0.0340. The molecule has 2 nitrogen and oxygen atoms in total. The smallest absolute Gasteiger partial charge is 0.224 e. The minimum atomic E-state index is 0.0340. The van der Waals surface area contributed by atoms with Gasteiger partial charge in [0.1, 0.15) is 0 Å².